The van der Waals surface area contributed by atoms with Crippen LogP contribution in [0.2, 0.25) is 10.0 Å². The van der Waals surface area contributed by atoms with Crippen molar-refractivity contribution in [2.45, 2.75) is 33.6 Å². The first kappa shape index (κ1) is 20.3. The Morgan fingerprint density at radius 3 is 2.42 bits per heavy atom. The average molecular weight is 393 g/mol. The van der Waals surface area contributed by atoms with Gasteiger partial charge in [0.1, 0.15) is 6.54 Å². The molecule has 0 atom stereocenters. The number of para-hydroxylation sites is 1. The van der Waals surface area contributed by atoms with E-state index in [2.05, 4.69) is 19.2 Å². The van der Waals surface area contributed by atoms with Gasteiger partial charge in [-0.3, -0.25) is 9.59 Å². The lowest BCUT2D eigenvalue weighted by Crippen LogP contribution is -2.37. The first-order valence-corrected chi connectivity index (χ1v) is 9.08. The topological polar surface area (TPSA) is 49.4 Å². The minimum absolute atomic E-state index is 0.136. The molecule has 0 radical (unpaired) electrons. The normalized spacial score (nSPS) is 10.7. The lowest BCUT2D eigenvalue weighted by atomic mass is 9.98. The Bertz CT molecular complexity index is 835. The minimum Gasteiger partial charge on any atom is -0.324 e. The highest BCUT2D eigenvalue weighted by atomic mass is 35.5. The molecule has 26 heavy (non-hydrogen) atoms. The van der Waals surface area contributed by atoms with E-state index in [1.807, 2.05) is 25.1 Å². The second kappa shape index (κ2) is 8.56. The van der Waals surface area contributed by atoms with Crippen LogP contribution in [-0.2, 0) is 9.59 Å². The number of anilines is 2. The minimum atomic E-state index is -0.289. The lowest BCUT2D eigenvalue weighted by molar-refractivity contribution is -0.120. The Morgan fingerprint density at radius 1 is 1.15 bits per heavy atom. The zero-order valence-electron chi connectivity index (χ0n) is 15.3. The van der Waals surface area contributed by atoms with Gasteiger partial charge in [-0.25, -0.2) is 0 Å². The molecular formula is C20H22Cl2N2O2. The van der Waals surface area contributed by atoms with Gasteiger partial charge in [0, 0.05) is 17.6 Å². The molecule has 0 aromatic heterocycles. The fraction of sp³-hybridized carbons (Fsp3) is 0.300. The van der Waals surface area contributed by atoms with Crippen molar-refractivity contribution in [2.24, 2.45) is 0 Å². The number of amides is 2. The van der Waals surface area contributed by atoms with Gasteiger partial charge in [0.05, 0.1) is 10.7 Å². The standard InChI is InChI=1S/C20H22Cl2N2O2/c1-12(2)16-7-5-6-13(3)20(16)23-19(26)11-24(14(4)25)18-9-8-15(21)10-17(18)22/h5-10,12H,11H2,1-4H3,(H,23,26). The van der Waals surface area contributed by atoms with E-state index in [1.165, 1.54) is 11.8 Å². The molecular weight excluding hydrogens is 371 g/mol. The highest BCUT2D eigenvalue weighted by Gasteiger charge is 2.20. The highest BCUT2D eigenvalue weighted by Crippen LogP contribution is 2.30. The predicted octanol–water partition coefficient (Wildman–Crippen LogP) is 5.42. The van der Waals surface area contributed by atoms with Crippen molar-refractivity contribution in [3.05, 3.63) is 57.6 Å². The molecule has 4 nitrogen and oxygen atoms in total. The van der Waals surface area contributed by atoms with Crippen molar-refractivity contribution in [3.8, 4) is 0 Å². The Hall–Kier alpha value is -2.04. The lowest BCUT2D eigenvalue weighted by Gasteiger charge is -2.23. The van der Waals surface area contributed by atoms with Gasteiger partial charge in [0.15, 0.2) is 0 Å². The van der Waals surface area contributed by atoms with E-state index < -0.39 is 0 Å². The summed E-state index contributed by atoms with van der Waals surface area (Å²) >= 11 is 12.1. The molecule has 0 saturated heterocycles. The molecule has 2 aromatic rings. The molecule has 0 unspecified atom stereocenters. The molecule has 0 spiro atoms. The second-order valence-electron chi connectivity index (χ2n) is 6.44. The maximum Gasteiger partial charge on any atom is 0.244 e. The van der Waals surface area contributed by atoms with Crippen LogP contribution in [0.4, 0.5) is 11.4 Å². The Labute approximate surface area is 164 Å². The Balaban J connectivity index is 2.26. The van der Waals surface area contributed by atoms with Gasteiger partial charge in [-0.1, -0.05) is 55.2 Å². The second-order valence-corrected chi connectivity index (χ2v) is 7.29. The molecule has 0 saturated carbocycles. The first-order valence-electron chi connectivity index (χ1n) is 8.33. The van der Waals surface area contributed by atoms with Gasteiger partial charge in [0.25, 0.3) is 0 Å². The van der Waals surface area contributed by atoms with Crippen LogP contribution in [0.3, 0.4) is 0 Å². The summed E-state index contributed by atoms with van der Waals surface area (Å²) in [6.07, 6.45) is 0. The number of hydrogen-bond acceptors (Lipinski definition) is 2. The quantitative estimate of drug-likeness (QED) is 0.738. The van der Waals surface area contributed by atoms with Crippen LogP contribution >= 0.6 is 23.2 Å². The molecule has 1 N–H and O–H groups in total. The van der Waals surface area contributed by atoms with Crippen LogP contribution in [0.25, 0.3) is 0 Å². The molecule has 2 amide bonds. The number of nitrogens with one attached hydrogen (secondary N) is 1. The van der Waals surface area contributed by atoms with E-state index in [-0.39, 0.29) is 24.3 Å². The number of benzene rings is 2. The summed E-state index contributed by atoms with van der Waals surface area (Å²) < 4.78 is 0. The Kier molecular flexibility index (Phi) is 6.68. The maximum atomic E-state index is 12.6. The molecule has 0 aliphatic carbocycles. The number of carbonyl (C=O) groups excluding carboxylic acids is 2. The largest absolute Gasteiger partial charge is 0.324 e. The summed E-state index contributed by atoms with van der Waals surface area (Å²) in [4.78, 5) is 26.0. The summed E-state index contributed by atoms with van der Waals surface area (Å²) in [5, 5.41) is 3.73. The predicted molar refractivity (Wildman–Crippen MR) is 108 cm³/mol. The zero-order chi connectivity index (χ0) is 19.4. The van der Waals surface area contributed by atoms with Gasteiger partial charge in [-0.2, -0.15) is 0 Å². The summed E-state index contributed by atoms with van der Waals surface area (Å²) in [6, 6.07) is 10.7. The van der Waals surface area contributed by atoms with Crippen LogP contribution in [0, 0.1) is 6.92 Å². The van der Waals surface area contributed by atoms with Gasteiger partial charge in [-0.15, -0.1) is 0 Å². The molecule has 0 aliphatic rings. The van der Waals surface area contributed by atoms with E-state index in [4.69, 9.17) is 23.2 Å². The number of halogens is 2. The van der Waals surface area contributed by atoms with Crippen molar-refractivity contribution in [1.82, 2.24) is 0 Å². The van der Waals surface area contributed by atoms with E-state index in [1.54, 1.807) is 18.2 Å². The zero-order valence-corrected chi connectivity index (χ0v) is 16.8. The third kappa shape index (κ3) is 4.77. The number of aryl methyl sites for hydroxylation is 1. The number of nitrogens with zero attached hydrogens (tertiary/aromatic N) is 1. The van der Waals surface area contributed by atoms with E-state index >= 15 is 0 Å². The van der Waals surface area contributed by atoms with E-state index in [0.717, 1.165) is 16.8 Å². The first-order chi connectivity index (χ1) is 12.2. The molecule has 0 heterocycles. The van der Waals surface area contributed by atoms with Gasteiger partial charge >= 0.3 is 0 Å². The van der Waals surface area contributed by atoms with Crippen molar-refractivity contribution in [1.29, 1.82) is 0 Å². The molecule has 0 fully saturated rings. The molecule has 138 valence electrons. The molecule has 0 aliphatic heterocycles. The van der Waals surface area contributed by atoms with Gasteiger partial charge < -0.3 is 10.2 Å². The third-order valence-corrected chi connectivity index (χ3v) is 4.61. The van der Waals surface area contributed by atoms with Gasteiger partial charge in [0.2, 0.25) is 11.8 Å². The molecule has 0 bridgehead atoms. The van der Waals surface area contributed by atoms with Gasteiger partial charge in [-0.05, 0) is 42.2 Å². The van der Waals surface area contributed by atoms with Crippen LogP contribution in [0.5, 0.6) is 0 Å². The fourth-order valence-electron chi connectivity index (χ4n) is 2.73. The van der Waals surface area contributed by atoms with E-state index in [9.17, 15) is 9.59 Å². The number of rotatable bonds is 5. The summed E-state index contributed by atoms with van der Waals surface area (Å²) in [6.45, 7) is 7.34. The van der Waals surface area contributed by atoms with Crippen LogP contribution in [0.15, 0.2) is 36.4 Å². The number of carbonyl (C=O) groups is 2. The molecule has 2 aromatic carbocycles. The Morgan fingerprint density at radius 2 is 1.85 bits per heavy atom. The summed E-state index contributed by atoms with van der Waals surface area (Å²) in [5.74, 6) is -0.305. The highest BCUT2D eigenvalue weighted by molar-refractivity contribution is 6.36. The fourth-order valence-corrected chi connectivity index (χ4v) is 3.24. The third-order valence-electron chi connectivity index (χ3n) is 4.07. The van der Waals surface area contributed by atoms with Crippen LogP contribution in [-0.4, -0.2) is 18.4 Å². The monoisotopic (exact) mass is 392 g/mol. The van der Waals surface area contributed by atoms with Crippen LogP contribution < -0.4 is 10.2 Å². The number of hydrogen-bond donors (Lipinski definition) is 1. The molecule has 6 heteroatoms. The van der Waals surface area contributed by atoms with Crippen LogP contribution in [0.1, 0.15) is 37.8 Å². The maximum absolute atomic E-state index is 12.6. The van der Waals surface area contributed by atoms with Crippen molar-refractivity contribution < 1.29 is 9.59 Å². The van der Waals surface area contributed by atoms with E-state index in [0.29, 0.717) is 15.7 Å². The average Bonchev–Trinajstić information content (AvgIpc) is 2.54. The summed E-state index contributed by atoms with van der Waals surface area (Å²) in [7, 11) is 0. The summed E-state index contributed by atoms with van der Waals surface area (Å²) in [5.41, 5.74) is 3.27. The van der Waals surface area contributed by atoms with Crippen molar-refractivity contribution >= 4 is 46.4 Å². The van der Waals surface area contributed by atoms with Crippen molar-refractivity contribution in [2.75, 3.05) is 16.8 Å². The molecule has 2 rings (SSSR count). The SMILES string of the molecule is CC(=O)N(CC(=O)Nc1c(C)cccc1C(C)C)c1ccc(Cl)cc1Cl. The smallest absolute Gasteiger partial charge is 0.244 e. The van der Waals surface area contributed by atoms with Crippen molar-refractivity contribution in [3.63, 3.8) is 0 Å².